The van der Waals surface area contributed by atoms with Crippen LogP contribution in [0.2, 0.25) is 0 Å². The fourth-order valence-corrected chi connectivity index (χ4v) is 2.57. The molecule has 0 saturated heterocycles. The highest BCUT2D eigenvalue weighted by atomic mass is 32.2. The molecule has 0 spiro atoms. The van der Waals surface area contributed by atoms with Crippen LogP contribution in [0.15, 0.2) is 42.6 Å². The minimum absolute atomic E-state index is 0.100. The molecular formula is C15H12N2O3S. The Morgan fingerprint density at radius 1 is 1.10 bits per heavy atom. The number of hydrogen-bond donors (Lipinski definition) is 0. The molecule has 1 aromatic heterocycles. The van der Waals surface area contributed by atoms with E-state index >= 15 is 0 Å². The lowest BCUT2D eigenvalue weighted by Crippen LogP contribution is -2.29. The van der Waals surface area contributed by atoms with Crippen LogP contribution in [-0.4, -0.2) is 28.0 Å². The molecule has 2 heterocycles. The van der Waals surface area contributed by atoms with Gasteiger partial charge in [-0.15, -0.1) is 0 Å². The molecule has 1 aliphatic rings. The third-order valence-electron chi connectivity index (χ3n) is 3.21. The molecule has 2 amide bonds. The van der Waals surface area contributed by atoms with E-state index in [-0.39, 0.29) is 18.4 Å². The van der Waals surface area contributed by atoms with E-state index in [9.17, 15) is 9.59 Å². The van der Waals surface area contributed by atoms with Crippen LogP contribution in [0.25, 0.3) is 0 Å². The Morgan fingerprint density at radius 2 is 1.76 bits per heavy atom. The molecule has 0 atom stereocenters. The van der Waals surface area contributed by atoms with Crippen LogP contribution in [0.3, 0.4) is 0 Å². The number of nitrogens with zero attached hydrogens (tertiary/aromatic N) is 2. The molecule has 1 aromatic carbocycles. The number of imide groups is 1. The largest absolute Gasteiger partial charge is 0.424 e. The van der Waals surface area contributed by atoms with Crippen molar-refractivity contribution in [3.05, 3.63) is 59.4 Å². The summed E-state index contributed by atoms with van der Waals surface area (Å²) in [6.07, 6.45) is 3.40. The van der Waals surface area contributed by atoms with Crippen molar-refractivity contribution in [2.45, 2.75) is 6.54 Å². The number of fused-ring (bicyclic) bond motifs is 1. The van der Waals surface area contributed by atoms with Crippen LogP contribution in [-0.2, 0) is 6.54 Å². The maximum atomic E-state index is 12.3. The van der Waals surface area contributed by atoms with Crippen molar-refractivity contribution in [2.24, 2.45) is 0 Å². The van der Waals surface area contributed by atoms with Crippen molar-refractivity contribution < 1.29 is 13.8 Å². The van der Waals surface area contributed by atoms with Crippen molar-refractivity contribution in [1.82, 2.24) is 9.88 Å². The lowest BCUT2D eigenvalue weighted by Gasteiger charge is -2.15. The maximum Gasteiger partial charge on any atom is 0.261 e. The molecular weight excluding hydrogens is 288 g/mol. The lowest BCUT2D eigenvalue weighted by molar-refractivity contribution is 0.0640. The normalized spacial score (nSPS) is 13.5. The summed E-state index contributed by atoms with van der Waals surface area (Å²) < 4.78 is 5.40. The van der Waals surface area contributed by atoms with Gasteiger partial charge in [-0.3, -0.25) is 19.5 Å². The molecule has 6 heteroatoms. The molecule has 0 saturated carbocycles. The van der Waals surface area contributed by atoms with E-state index < -0.39 is 0 Å². The van der Waals surface area contributed by atoms with E-state index in [1.807, 2.05) is 0 Å². The third-order valence-corrected chi connectivity index (χ3v) is 3.55. The zero-order valence-corrected chi connectivity index (χ0v) is 12.1. The highest BCUT2D eigenvalue weighted by Gasteiger charge is 2.35. The lowest BCUT2D eigenvalue weighted by atomic mass is 10.1. The Kier molecular flexibility index (Phi) is 3.62. The van der Waals surface area contributed by atoms with E-state index in [1.54, 1.807) is 48.9 Å². The molecule has 0 radical (unpaired) electrons. The first-order valence-electron chi connectivity index (χ1n) is 6.32. The predicted octanol–water partition coefficient (Wildman–Crippen LogP) is 2.53. The molecule has 3 rings (SSSR count). The minimum atomic E-state index is -0.295. The Morgan fingerprint density at radius 3 is 2.38 bits per heavy atom. The average molecular weight is 300 g/mol. The van der Waals surface area contributed by atoms with Gasteiger partial charge in [0.05, 0.1) is 29.7 Å². The fraction of sp³-hybridized carbons (Fsp3) is 0.133. The van der Waals surface area contributed by atoms with E-state index in [0.717, 1.165) is 0 Å². The second-order valence-electron chi connectivity index (χ2n) is 4.44. The topological polar surface area (TPSA) is 59.5 Å². The zero-order chi connectivity index (χ0) is 14.8. The number of rotatable bonds is 4. The summed E-state index contributed by atoms with van der Waals surface area (Å²) in [5.41, 5.74) is 1.43. The van der Waals surface area contributed by atoms with Gasteiger partial charge in [-0.1, -0.05) is 12.1 Å². The van der Waals surface area contributed by atoms with Crippen molar-refractivity contribution in [3.63, 3.8) is 0 Å². The van der Waals surface area contributed by atoms with Gasteiger partial charge in [-0.05, 0) is 24.3 Å². The fourth-order valence-electron chi connectivity index (χ4n) is 2.24. The molecule has 0 bridgehead atoms. The van der Waals surface area contributed by atoms with E-state index in [4.69, 9.17) is 4.18 Å². The summed E-state index contributed by atoms with van der Waals surface area (Å²) >= 11 is 1.19. The third kappa shape index (κ3) is 2.38. The van der Waals surface area contributed by atoms with Gasteiger partial charge in [0.1, 0.15) is 5.69 Å². The van der Waals surface area contributed by atoms with Crippen molar-refractivity contribution in [3.8, 4) is 5.75 Å². The molecule has 0 N–H and O–H groups in total. The second-order valence-corrected chi connectivity index (χ2v) is 4.94. The number of carbonyl (C=O) groups is 2. The standard InChI is InChI=1S/C15H12N2O3S/c1-21-20-13-7-4-8-16-12(13)9-17-14(18)10-5-2-3-6-11(10)15(17)19/h2-8H,9H2,1H3. The van der Waals surface area contributed by atoms with Gasteiger partial charge in [0.15, 0.2) is 5.75 Å². The number of amides is 2. The van der Waals surface area contributed by atoms with Gasteiger partial charge in [0.25, 0.3) is 11.8 Å². The summed E-state index contributed by atoms with van der Waals surface area (Å²) in [4.78, 5) is 30.0. The number of hydrogen-bond acceptors (Lipinski definition) is 5. The first kappa shape index (κ1) is 13.6. The molecule has 0 unspecified atom stereocenters. The highest BCUT2D eigenvalue weighted by molar-refractivity contribution is 7.94. The first-order valence-corrected chi connectivity index (χ1v) is 7.47. The van der Waals surface area contributed by atoms with Gasteiger partial charge >= 0.3 is 0 Å². The van der Waals surface area contributed by atoms with Crippen LogP contribution in [0.1, 0.15) is 26.4 Å². The SMILES string of the molecule is CSOc1cccnc1CN1C(=O)c2ccccc2C1=O. The summed E-state index contributed by atoms with van der Waals surface area (Å²) in [5, 5.41) is 0. The maximum absolute atomic E-state index is 12.3. The highest BCUT2D eigenvalue weighted by Crippen LogP contribution is 2.27. The summed E-state index contributed by atoms with van der Waals surface area (Å²) in [7, 11) is 0. The van der Waals surface area contributed by atoms with Crippen LogP contribution < -0.4 is 4.18 Å². The van der Waals surface area contributed by atoms with Gasteiger partial charge < -0.3 is 4.18 Å². The minimum Gasteiger partial charge on any atom is -0.424 e. The summed E-state index contributed by atoms with van der Waals surface area (Å²) in [6.45, 7) is 0.100. The van der Waals surface area contributed by atoms with Gasteiger partial charge in [-0.25, -0.2) is 0 Å². The summed E-state index contributed by atoms with van der Waals surface area (Å²) in [6, 6.07) is 10.3. The molecule has 21 heavy (non-hydrogen) atoms. The van der Waals surface area contributed by atoms with Crippen molar-refractivity contribution in [1.29, 1.82) is 0 Å². The average Bonchev–Trinajstić information content (AvgIpc) is 2.75. The van der Waals surface area contributed by atoms with E-state index in [0.29, 0.717) is 22.6 Å². The number of pyridine rings is 1. The quantitative estimate of drug-likeness (QED) is 0.641. The van der Waals surface area contributed by atoms with Crippen molar-refractivity contribution >= 4 is 23.9 Å². The molecule has 2 aromatic rings. The van der Waals surface area contributed by atoms with Gasteiger partial charge in [0.2, 0.25) is 0 Å². The molecule has 106 valence electrons. The van der Waals surface area contributed by atoms with E-state index in [2.05, 4.69) is 4.98 Å². The van der Waals surface area contributed by atoms with Gasteiger partial charge in [-0.2, -0.15) is 0 Å². The van der Waals surface area contributed by atoms with Crippen LogP contribution >= 0.6 is 12.0 Å². The first-order chi connectivity index (χ1) is 10.2. The number of aromatic nitrogens is 1. The Labute approximate surface area is 126 Å². The molecule has 0 aliphatic carbocycles. The second kappa shape index (κ2) is 5.57. The van der Waals surface area contributed by atoms with Crippen molar-refractivity contribution in [2.75, 3.05) is 6.26 Å². The summed E-state index contributed by atoms with van der Waals surface area (Å²) in [5.74, 6) is -0.0331. The molecule has 1 aliphatic heterocycles. The van der Waals surface area contributed by atoms with Crippen LogP contribution in [0.5, 0.6) is 5.75 Å². The van der Waals surface area contributed by atoms with Crippen LogP contribution in [0.4, 0.5) is 0 Å². The Balaban J connectivity index is 1.91. The Hall–Kier alpha value is -2.34. The smallest absolute Gasteiger partial charge is 0.261 e. The number of carbonyl (C=O) groups excluding carboxylic acids is 2. The van der Waals surface area contributed by atoms with E-state index in [1.165, 1.54) is 16.9 Å². The number of benzene rings is 1. The molecule has 0 fully saturated rings. The predicted molar refractivity (Wildman–Crippen MR) is 79.0 cm³/mol. The van der Waals surface area contributed by atoms with Gasteiger partial charge in [0, 0.05) is 12.5 Å². The van der Waals surface area contributed by atoms with Crippen LogP contribution in [0, 0.1) is 0 Å². The monoisotopic (exact) mass is 300 g/mol. The Bertz CT molecular complexity index is 683. The zero-order valence-electron chi connectivity index (χ0n) is 11.3. The molecule has 5 nitrogen and oxygen atoms in total.